The normalized spacial score (nSPS) is 11.8. The van der Waals surface area contributed by atoms with Crippen LogP contribution in [0.1, 0.15) is 25.3 Å². The van der Waals surface area contributed by atoms with E-state index in [1.807, 2.05) is 19.1 Å². The standard InChI is InChI=1S/C15H23NO4/c1-4-5-13(9-16)20-12-6-7-14(11(2)8-12)19-10-15(17)18-3/h6-8,13H,4-5,9-10,16H2,1-3H3. The molecule has 0 aliphatic carbocycles. The Morgan fingerprint density at radius 3 is 2.70 bits per heavy atom. The lowest BCUT2D eigenvalue weighted by Gasteiger charge is -2.17. The molecule has 0 heterocycles. The molecule has 0 aromatic heterocycles. The number of benzene rings is 1. The zero-order chi connectivity index (χ0) is 15.0. The highest BCUT2D eigenvalue weighted by molar-refractivity contribution is 5.70. The van der Waals surface area contributed by atoms with E-state index < -0.39 is 5.97 Å². The fourth-order valence-electron chi connectivity index (χ4n) is 1.79. The van der Waals surface area contributed by atoms with Gasteiger partial charge in [0, 0.05) is 6.54 Å². The molecule has 1 aromatic carbocycles. The van der Waals surface area contributed by atoms with Gasteiger partial charge in [0.2, 0.25) is 0 Å². The van der Waals surface area contributed by atoms with Crippen LogP contribution >= 0.6 is 0 Å². The van der Waals surface area contributed by atoms with Gasteiger partial charge in [0.15, 0.2) is 6.61 Å². The van der Waals surface area contributed by atoms with Gasteiger partial charge in [0.25, 0.3) is 0 Å². The van der Waals surface area contributed by atoms with Crippen molar-refractivity contribution in [3.63, 3.8) is 0 Å². The lowest BCUT2D eigenvalue weighted by atomic mass is 10.2. The van der Waals surface area contributed by atoms with Crippen molar-refractivity contribution in [2.24, 2.45) is 5.73 Å². The first-order chi connectivity index (χ1) is 9.60. The van der Waals surface area contributed by atoms with Gasteiger partial charge in [-0.05, 0) is 37.1 Å². The van der Waals surface area contributed by atoms with E-state index in [0.717, 1.165) is 24.2 Å². The van der Waals surface area contributed by atoms with E-state index in [0.29, 0.717) is 12.3 Å². The van der Waals surface area contributed by atoms with Crippen LogP contribution < -0.4 is 15.2 Å². The molecular formula is C15H23NO4. The van der Waals surface area contributed by atoms with Crippen molar-refractivity contribution in [3.8, 4) is 11.5 Å². The molecule has 0 saturated heterocycles. The Kier molecular flexibility index (Phi) is 6.87. The first kappa shape index (κ1) is 16.3. The van der Waals surface area contributed by atoms with Crippen LogP contribution in [0.15, 0.2) is 18.2 Å². The number of aryl methyl sites for hydroxylation is 1. The highest BCUT2D eigenvalue weighted by Crippen LogP contribution is 2.24. The second-order valence-electron chi connectivity index (χ2n) is 4.56. The predicted molar refractivity (Wildman–Crippen MR) is 77.1 cm³/mol. The predicted octanol–water partition coefficient (Wildman–Crippen LogP) is 2.05. The molecule has 0 aliphatic rings. The van der Waals surface area contributed by atoms with Crippen LogP contribution in [0.25, 0.3) is 0 Å². The van der Waals surface area contributed by atoms with E-state index in [-0.39, 0.29) is 12.7 Å². The zero-order valence-electron chi connectivity index (χ0n) is 12.3. The van der Waals surface area contributed by atoms with Crippen LogP contribution in [0.4, 0.5) is 0 Å². The summed E-state index contributed by atoms with van der Waals surface area (Å²) in [5, 5.41) is 0. The topological polar surface area (TPSA) is 70.8 Å². The van der Waals surface area contributed by atoms with Gasteiger partial charge in [0.05, 0.1) is 7.11 Å². The van der Waals surface area contributed by atoms with Crippen molar-refractivity contribution in [2.75, 3.05) is 20.3 Å². The minimum atomic E-state index is -0.407. The van der Waals surface area contributed by atoms with Crippen LogP contribution in [0.2, 0.25) is 0 Å². The van der Waals surface area contributed by atoms with Gasteiger partial charge in [0.1, 0.15) is 17.6 Å². The van der Waals surface area contributed by atoms with Gasteiger partial charge in [-0.15, -0.1) is 0 Å². The molecule has 0 saturated carbocycles. The third-order valence-corrected chi connectivity index (χ3v) is 2.90. The van der Waals surface area contributed by atoms with Crippen molar-refractivity contribution >= 4 is 5.97 Å². The Morgan fingerprint density at radius 1 is 1.40 bits per heavy atom. The Balaban J connectivity index is 2.65. The lowest BCUT2D eigenvalue weighted by Crippen LogP contribution is -2.26. The van der Waals surface area contributed by atoms with Gasteiger partial charge >= 0.3 is 5.97 Å². The van der Waals surface area contributed by atoms with Crippen LogP contribution in [0, 0.1) is 6.92 Å². The Hall–Kier alpha value is -1.75. The number of ether oxygens (including phenoxy) is 3. The minimum Gasteiger partial charge on any atom is -0.489 e. The molecule has 1 aromatic rings. The van der Waals surface area contributed by atoms with E-state index in [1.54, 1.807) is 6.07 Å². The molecule has 0 amide bonds. The molecule has 0 bridgehead atoms. The summed E-state index contributed by atoms with van der Waals surface area (Å²) in [5.74, 6) is 0.996. The molecular weight excluding hydrogens is 258 g/mol. The highest BCUT2D eigenvalue weighted by atomic mass is 16.6. The third-order valence-electron chi connectivity index (χ3n) is 2.90. The fraction of sp³-hybridized carbons (Fsp3) is 0.533. The molecule has 2 N–H and O–H groups in total. The summed E-state index contributed by atoms with van der Waals surface area (Å²) in [7, 11) is 1.33. The quantitative estimate of drug-likeness (QED) is 0.738. The fourth-order valence-corrected chi connectivity index (χ4v) is 1.79. The number of hydrogen-bond donors (Lipinski definition) is 1. The van der Waals surface area contributed by atoms with Crippen molar-refractivity contribution in [1.82, 2.24) is 0 Å². The second-order valence-corrected chi connectivity index (χ2v) is 4.56. The second kappa shape index (κ2) is 8.43. The molecule has 0 aliphatic heterocycles. The average molecular weight is 281 g/mol. The molecule has 1 atom stereocenters. The minimum absolute atomic E-state index is 0.0289. The van der Waals surface area contributed by atoms with E-state index >= 15 is 0 Å². The van der Waals surface area contributed by atoms with Crippen LogP contribution in [0.3, 0.4) is 0 Å². The number of carbonyl (C=O) groups is 1. The molecule has 1 rings (SSSR count). The number of rotatable bonds is 8. The molecule has 0 fully saturated rings. The van der Waals surface area contributed by atoms with Crippen molar-refractivity contribution in [2.45, 2.75) is 32.8 Å². The van der Waals surface area contributed by atoms with Crippen molar-refractivity contribution in [3.05, 3.63) is 23.8 Å². The summed E-state index contributed by atoms with van der Waals surface area (Å²) >= 11 is 0. The van der Waals surface area contributed by atoms with E-state index in [2.05, 4.69) is 11.7 Å². The summed E-state index contributed by atoms with van der Waals surface area (Å²) in [6.07, 6.45) is 1.98. The maximum absolute atomic E-state index is 11.0. The van der Waals surface area contributed by atoms with Crippen LogP contribution in [-0.2, 0) is 9.53 Å². The average Bonchev–Trinajstić information content (AvgIpc) is 2.45. The summed E-state index contributed by atoms with van der Waals surface area (Å²) in [6.45, 7) is 4.39. The van der Waals surface area contributed by atoms with Crippen LogP contribution in [0.5, 0.6) is 11.5 Å². The number of methoxy groups -OCH3 is 1. The van der Waals surface area contributed by atoms with Gasteiger partial charge in [-0.1, -0.05) is 13.3 Å². The molecule has 20 heavy (non-hydrogen) atoms. The number of carbonyl (C=O) groups excluding carboxylic acids is 1. The summed E-state index contributed by atoms with van der Waals surface area (Å²) in [6, 6.07) is 5.48. The molecule has 0 radical (unpaired) electrons. The first-order valence-electron chi connectivity index (χ1n) is 6.77. The smallest absolute Gasteiger partial charge is 0.343 e. The maximum Gasteiger partial charge on any atom is 0.343 e. The Labute approximate surface area is 120 Å². The molecule has 5 nitrogen and oxygen atoms in total. The SMILES string of the molecule is CCCC(CN)Oc1ccc(OCC(=O)OC)c(C)c1. The summed E-state index contributed by atoms with van der Waals surface area (Å²) in [5.41, 5.74) is 6.57. The first-order valence-corrected chi connectivity index (χ1v) is 6.77. The molecule has 112 valence electrons. The van der Waals surface area contributed by atoms with Crippen molar-refractivity contribution < 1.29 is 19.0 Å². The summed E-state index contributed by atoms with van der Waals surface area (Å²) in [4.78, 5) is 11.0. The van der Waals surface area contributed by atoms with Gasteiger partial charge < -0.3 is 19.9 Å². The number of esters is 1. The van der Waals surface area contributed by atoms with Gasteiger partial charge in [-0.25, -0.2) is 4.79 Å². The molecule has 5 heteroatoms. The van der Waals surface area contributed by atoms with Gasteiger partial charge in [-0.2, -0.15) is 0 Å². The van der Waals surface area contributed by atoms with Gasteiger partial charge in [-0.3, -0.25) is 0 Å². The van der Waals surface area contributed by atoms with E-state index in [1.165, 1.54) is 7.11 Å². The Morgan fingerprint density at radius 2 is 2.15 bits per heavy atom. The largest absolute Gasteiger partial charge is 0.489 e. The van der Waals surface area contributed by atoms with Crippen molar-refractivity contribution in [1.29, 1.82) is 0 Å². The maximum atomic E-state index is 11.0. The van der Waals surface area contributed by atoms with E-state index in [4.69, 9.17) is 15.2 Å². The number of hydrogen-bond acceptors (Lipinski definition) is 5. The highest BCUT2D eigenvalue weighted by Gasteiger charge is 2.09. The van der Waals surface area contributed by atoms with E-state index in [9.17, 15) is 4.79 Å². The monoisotopic (exact) mass is 281 g/mol. The molecule has 0 spiro atoms. The number of nitrogens with two attached hydrogens (primary N) is 1. The van der Waals surface area contributed by atoms with Crippen LogP contribution in [-0.4, -0.2) is 32.3 Å². The molecule has 1 unspecified atom stereocenters. The zero-order valence-corrected chi connectivity index (χ0v) is 12.3. The summed E-state index contributed by atoms with van der Waals surface area (Å²) < 4.78 is 15.7. The Bertz CT molecular complexity index is 434. The lowest BCUT2D eigenvalue weighted by molar-refractivity contribution is -0.142. The third kappa shape index (κ3) is 5.09.